The fourth-order valence-electron chi connectivity index (χ4n) is 2.11. The van der Waals surface area contributed by atoms with Crippen LogP contribution >= 0.6 is 0 Å². The minimum Gasteiger partial charge on any atom is -0.482 e. The Morgan fingerprint density at radius 1 is 0.875 bits per heavy atom. The van der Waals surface area contributed by atoms with Crippen LogP contribution in [0.25, 0.3) is 0 Å². The monoisotopic (exact) mass is 326 g/mol. The van der Waals surface area contributed by atoms with Gasteiger partial charge in [-0.1, -0.05) is 32.9 Å². The summed E-state index contributed by atoms with van der Waals surface area (Å²) >= 11 is 0. The number of ketones is 1. The molecular formula is C20H22O4. The van der Waals surface area contributed by atoms with E-state index >= 15 is 0 Å². The molecule has 0 radical (unpaired) electrons. The summed E-state index contributed by atoms with van der Waals surface area (Å²) in [7, 11) is 0. The van der Waals surface area contributed by atoms with Crippen LogP contribution < -0.4 is 9.47 Å². The van der Waals surface area contributed by atoms with Crippen LogP contribution in [0, 0.1) is 0 Å². The number of benzene rings is 2. The largest absolute Gasteiger partial charge is 0.482 e. The molecule has 0 bridgehead atoms. The Bertz CT molecular complexity index is 707. The highest BCUT2D eigenvalue weighted by molar-refractivity contribution is 5.94. The average molecular weight is 326 g/mol. The van der Waals surface area contributed by atoms with E-state index in [-0.39, 0.29) is 17.8 Å². The minimum absolute atomic E-state index is 0.0325. The highest BCUT2D eigenvalue weighted by Gasteiger charge is 2.13. The molecule has 0 aromatic heterocycles. The number of carbonyl (C=O) groups excluding carboxylic acids is 2. The van der Waals surface area contributed by atoms with Crippen molar-refractivity contribution in [2.24, 2.45) is 0 Å². The number of Topliss-reactive ketones (excluding diaryl/α,β-unsaturated/α-hetero) is 1. The Kier molecular flexibility index (Phi) is 5.39. The lowest BCUT2D eigenvalue weighted by atomic mass is 9.87. The van der Waals surface area contributed by atoms with Gasteiger partial charge >= 0.3 is 5.97 Å². The van der Waals surface area contributed by atoms with Gasteiger partial charge in [-0.15, -0.1) is 0 Å². The van der Waals surface area contributed by atoms with Crippen molar-refractivity contribution in [2.75, 3.05) is 6.61 Å². The number of carbonyl (C=O) groups is 2. The van der Waals surface area contributed by atoms with E-state index in [1.165, 1.54) is 12.5 Å². The number of rotatable bonds is 5. The summed E-state index contributed by atoms with van der Waals surface area (Å²) < 4.78 is 10.6. The first-order valence-electron chi connectivity index (χ1n) is 7.81. The minimum atomic E-state index is -0.495. The Morgan fingerprint density at radius 3 is 1.92 bits per heavy atom. The molecule has 0 spiro atoms. The van der Waals surface area contributed by atoms with Gasteiger partial charge in [0.2, 0.25) is 0 Å². The first kappa shape index (κ1) is 17.7. The molecule has 126 valence electrons. The van der Waals surface area contributed by atoms with Crippen LogP contribution in [0.4, 0.5) is 0 Å². The van der Waals surface area contributed by atoms with E-state index in [0.717, 1.165) is 0 Å². The van der Waals surface area contributed by atoms with Crippen LogP contribution in [0.3, 0.4) is 0 Å². The van der Waals surface area contributed by atoms with Gasteiger partial charge < -0.3 is 9.47 Å². The predicted molar refractivity (Wildman–Crippen MR) is 92.7 cm³/mol. The van der Waals surface area contributed by atoms with E-state index in [9.17, 15) is 9.59 Å². The summed E-state index contributed by atoms with van der Waals surface area (Å²) in [5.74, 6) is 0.476. The van der Waals surface area contributed by atoms with Gasteiger partial charge in [-0.25, -0.2) is 4.79 Å². The van der Waals surface area contributed by atoms with E-state index in [1.54, 1.807) is 24.3 Å². The highest BCUT2D eigenvalue weighted by Crippen LogP contribution is 2.24. The van der Waals surface area contributed by atoms with Crippen molar-refractivity contribution in [1.29, 1.82) is 0 Å². The third-order valence-electron chi connectivity index (χ3n) is 3.57. The maximum absolute atomic E-state index is 11.8. The van der Waals surface area contributed by atoms with Gasteiger partial charge in [-0.3, -0.25) is 4.79 Å². The van der Waals surface area contributed by atoms with Crippen molar-refractivity contribution in [3.05, 3.63) is 59.7 Å². The number of hydrogen-bond acceptors (Lipinski definition) is 4. The van der Waals surface area contributed by atoms with E-state index < -0.39 is 5.97 Å². The summed E-state index contributed by atoms with van der Waals surface area (Å²) in [4.78, 5) is 23.0. The van der Waals surface area contributed by atoms with Crippen molar-refractivity contribution >= 4 is 11.8 Å². The first-order valence-corrected chi connectivity index (χ1v) is 7.81. The quantitative estimate of drug-likeness (QED) is 0.470. The van der Waals surface area contributed by atoms with E-state index in [4.69, 9.17) is 9.47 Å². The molecule has 0 N–H and O–H groups in total. The molecule has 2 aromatic rings. The first-order chi connectivity index (χ1) is 11.3. The molecule has 2 aromatic carbocycles. The maximum Gasteiger partial charge on any atom is 0.349 e. The third kappa shape index (κ3) is 4.95. The zero-order chi connectivity index (χ0) is 17.7. The van der Waals surface area contributed by atoms with Gasteiger partial charge in [-0.05, 0) is 54.3 Å². The van der Waals surface area contributed by atoms with Crippen molar-refractivity contribution in [3.63, 3.8) is 0 Å². The fraction of sp³-hybridized carbons (Fsp3) is 0.300. The van der Waals surface area contributed by atoms with Crippen molar-refractivity contribution in [2.45, 2.75) is 33.1 Å². The second kappa shape index (κ2) is 7.30. The molecule has 0 aliphatic heterocycles. The van der Waals surface area contributed by atoms with Crippen LogP contribution in [-0.4, -0.2) is 18.4 Å². The van der Waals surface area contributed by atoms with Crippen molar-refractivity contribution < 1.29 is 19.1 Å². The summed E-state index contributed by atoms with van der Waals surface area (Å²) in [6.45, 7) is 7.72. The van der Waals surface area contributed by atoms with E-state index in [0.29, 0.717) is 17.1 Å². The van der Waals surface area contributed by atoms with Crippen molar-refractivity contribution in [3.8, 4) is 11.5 Å². The number of ether oxygens (including phenoxy) is 2. The van der Waals surface area contributed by atoms with Gasteiger partial charge in [0.1, 0.15) is 11.5 Å². The predicted octanol–water partition coefficient (Wildman–Crippen LogP) is 4.17. The van der Waals surface area contributed by atoms with Crippen LogP contribution in [-0.2, 0) is 10.2 Å². The molecule has 4 nitrogen and oxygen atoms in total. The normalized spacial score (nSPS) is 11.0. The second-order valence-electron chi connectivity index (χ2n) is 6.62. The lowest BCUT2D eigenvalue weighted by Gasteiger charge is -2.19. The van der Waals surface area contributed by atoms with Crippen LogP contribution in [0.15, 0.2) is 48.5 Å². The van der Waals surface area contributed by atoms with Crippen LogP contribution in [0.5, 0.6) is 11.5 Å². The molecule has 2 rings (SSSR count). The molecule has 0 aliphatic rings. The zero-order valence-corrected chi connectivity index (χ0v) is 14.5. The molecular weight excluding hydrogens is 304 g/mol. The molecule has 0 saturated heterocycles. The highest BCUT2D eigenvalue weighted by atomic mass is 16.6. The van der Waals surface area contributed by atoms with Gasteiger partial charge in [0.25, 0.3) is 0 Å². The van der Waals surface area contributed by atoms with E-state index in [2.05, 4.69) is 20.8 Å². The Morgan fingerprint density at radius 2 is 1.42 bits per heavy atom. The number of esters is 1. The maximum atomic E-state index is 11.8. The van der Waals surface area contributed by atoms with Crippen LogP contribution in [0.2, 0.25) is 0 Å². The number of hydrogen-bond donors (Lipinski definition) is 0. The standard InChI is InChI=1S/C20H22O4/c1-14(21)15-5-9-18(10-6-15)24-19(22)13-23-17-11-7-16(8-12-17)20(2,3)4/h5-12H,13H2,1-4H3. The topological polar surface area (TPSA) is 52.6 Å². The molecule has 4 heteroatoms. The van der Waals surface area contributed by atoms with Gasteiger partial charge in [0.15, 0.2) is 12.4 Å². The summed E-state index contributed by atoms with van der Waals surface area (Å²) in [5.41, 5.74) is 1.84. The second-order valence-corrected chi connectivity index (χ2v) is 6.62. The van der Waals surface area contributed by atoms with Gasteiger partial charge in [0, 0.05) is 5.56 Å². The molecule has 0 atom stereocenters. The lowest BCUT2D eigenvalue weighted by molar-refractivity contribution is -0.136. The van der Waals surface area contributed by atoms with Crippen molar-refractivity contribution in [1.82, 2.24) is 0 Å². The van der Waals surface area contributed by atoms with Gasteiger partial charge in [-0.2, -0.15) is 0 Å². The summed E-state index contributed by atoms with van der Waals surface area (Å²) in [6, 6.07) is 14.1. The lowest BCUT2D eigenvalue weighted by Crippen LogP contribution is -2.18. The third-order valence-corrected chi connectivity index (χ3v) is 3.57. The van der Waals surface area contributed by atoms with E-state index in [1.807, 2.05) is 24.3 Å². The smallest absolute Gasteiger partial charge is 0.349 e. The fourth-order valence-corrected chi connectivity index (χ4v) is 2.11. The summed E-state index contributed by atoms with van der Waals surface area (Å²) in [6.07, 6.45) is 0. The Balaban J connectivity index is 1.87. The molecule has 0 aliphatic carbocycles. The molecule has 0 fully saturated rings. The van der Waals surface area contributed by atoms with Gasteiger partial charge in [0.05, 0.1) is 0 Å². The Labute approximate surface area is 142 Å². The van der Waals surface area contributed by atoms with Crippen LogP contribution in [0.1, 0.15) is 43.6 Å². The molecule has 0 saturated carbocycles. The Hall–Kier alpha value is -2.62. The zero-order valence-electron chi connectivity index (χ0n) is 14.5. The molecule has 0 heterocycles. The SMILES string of the molecule is CC(=O)c1ccc(OC(=O)COc2ccc(C(C)(C)C)cc2)cc1. The average Bonchev–Trinajstić information content (AvgIpc) is 2.53. The molecule has 24 heavy (non-hydrogen) atoms. The summed E-state index contributed by atoms with van der Waals surface area (Å²) in [5, 5.41) is 0. The molecule has 0 unspecified atom stereocenters. The molecule has 0 amide bonds.